The maximum atomic E-state index is 11.7. The van der Waals surface area contributed by atoms with Crippen LogP contribution in [0.2, 0.25) is 0 Å². The van der Waals surface area contributed by atoms with Crippen molar-refractivity contribution in [1.82, 2.24) is 10.2 Å². The Kier molecular flexibility index (Phi) is 5.91. The normalized spacial score (nSPS) is 11.5. The van der Waals surface area contributed by atoms with Crippen molar-refractivity contribution in [2.24, 2.45) is 0 Å². The molecule has 0 unspecified atom stereocenters. The highest BCUT2D eigenvalue weighted by Gasteiger charge is 2.10. The van der Waals surface area contributed by atoms with Crippen molar-refractivity contribution in [1.29, 1.82) is 0 Å². The highest BCUT2D eigenvalue weighted by Crippen LogP contribution is 2.19. The van der Waals surface area contributed by atoms with Gasteiger partial charge in [-0.15, -0.1) is 6.42 Å². The number of terminal acetylenes is 1. The summed E-state index contributed by atoms with van der Waals surface area (Å²) in [5.74, 6) is 3.07. The summed E-state index contributed by atoms with van der Waals surface area (Å²) in [6.07, 6.45) is 4.85. The standard InChI is InChI=1S/C15H20N2O2/c1-5-10-16-12(3)13-8-7-9-14(11-13)19-15(18)17(4)6-2/h1,7-9,11-12,16H,6,10H2,2-4H3/t12-/m1/s1. The van der Waals surface area contributed by atoms with Gasteiger partial charge in [0.05, 0.1) is 6.54 Å². The van der Waals surface area contributed by atoms with Crippen molar-refractivity contribution in [3.63, 3.8) is 0 Å². The maximum Gasteiger partial charge on any atom is 0.414 e. The topological polar surface area (TPSA) is 41.6 Å². The van der Waals surface area contributed by atoms with Crippen LogP contribution in [0.5, 0.6) is 5.75 Å². The molecule has 4 nitrogen and oxygen atoms in total. The number of nitrogens with one attached hydrogen (secondary N) is 1. The van der Waals surface area contributed by atoms with Gasteiger partial charge in [-0.25, -0.2) is 4.79 Å². The number of nitrogens with zero attached hydrogens (tertiary/aromatic N) is 1. The summed E-state index contributed by atoms with van der Waals surface area (Å²) in [6.45, 7) is 5.02. The first-order valence-electron chi connectivity index (χ1n) is 6.28. The Morgan fingerprint density at radius 1 is 1.58 bits per heavy atom. The molecular weight excluding hydrogens is 240 g/mol. The third-order valence-electron chi connectivity index (χ3n) is 2.86. The lowest BCUT2D eigenvalue weighted by Crippen LogP contribution is -2.29. The molecule has 102 valence electrons. The van der Waals surface area contributed by atoms with Crippen molar-refractivity contribution >= 4 is 6.09 Å². The van der Waals surface area contributed by atoms with E-state index in [1.807, 2.05) is 32.0 Å². The number of amides is 1. The number of benzene rings is 1. The van der Waals surface area contributed by atoms with Crippen LogP contribution in [0.3, 0.4) is 0 Å². The molecule has 1 atom stereocenters. The molecular formula is C15H20N2O2. The molecule has 0 heterocycles. The molecule has 0 spiro atoms. The Hall–Kier alpha value is -1.99. The fourth-order valence-corrected chi connectivity index (χ4v) is 1.49. The van der Waals surface area contributed by atoms with Crippen LogP contribution in [0.1, 0.15) is 25.5 Å². The number of rotatable bonds is 5. The minimum absolute atomic E-state index is 0.110. The second-order valence-corrected chi connectivity index (χ2v) is 4.26. The van der Waals surface area contributed by atoms with Gasteiger partial charge >= 0.3 is 6.09 Å². The van der Waals surface area contributed by atoms with Crippen molar-refractivity contribution < 1.29 is 9.53 Å². The maximum absolute atomic E-state index is 11.7. The molecule has 19 heavy (non-hydrogen) atoms. The van der Waals surface area contributed by atoms with Crippen molar-refractivity contribution in [3.05, 3.63) is 29.8 Å². The number of carbonyl (C=O) groups excluding carboxylic acids is 1. The van der Waals surface area contributed by atoms with Crippen LogP contribution in [-0.2, 0) is 0 Å². The van der Waals surface area contributed by atoms with Crippen LogP contribution < -0.4 is 10.1 Å². The van der Waals surface area contributed by atoms with Crippen molar-refractivity contribution in [2.45, 2.75) is 19.9 Å². The fraction of sp³-hybridized carbons (Fsp3) is 0.400. The minimum atomic E-state index is -0.358. The Bertz CT molecular complexity index is 465. The van der Waals surface area contributed by atoms with Gasteiger partial charge in [0, 0.05) is 19.6 Å². The van der Waals surface area contributed by atoms with E-state index < -0.39 is 0 Å². The lowest BCUT2D eigenvalue weighted by atomic mass is 10.1. The highest BCUT2D eigenvalue weighted by atomic mass is 16.6. The lowest BCUT2D eigenvalue weighted by molar-refractivity contribution is 0.165. The summed E-state index contributed by atoms with van der Waals surface area (Å²) in [5.41, 5.74) is 1.03. The molecule has 0 radical (unpaired) electrons. The molecule has 0 aliphatic heterocycles. The third kappa shape index (κ3) is 4.65. The second kappa shape index (κ2) is 7.45. The molecule has 0 bridgehead atoms. The van der Waals surface area contributed by atoms with E-state index in [-0.39, 0.29) is 12.1 Å². The van der Waals surface area contributed by atoms with Crippen LogP contribution in [0.25, 0.3) is 0 Å². The number of hydrogen-bond acceptors (Lipinski definition) is 3. The molecule has 1 aromatic rings. The molecule has 0 fully saturated rings. The fourth-order valence-electron chi connectivity index (χ4n) is 1.49. The monoisotopic (exact) mass is 260 g/mol. The quantitative estimate of drug-likeness (QED) is 0.827. The van der Waals surface area contributed by atoms with E-state index >= 15 is 0 Å². The summed E-state index contributed by atoms with van der Waals surface area (Å²) in [6, 6.07) is 7.54. The van der Waals surface area contributed by atoms with E-state index in [1.165, 1.54) is 4.90 Å². The van der Waals surface area contributed by atoms with Crippen LogP contribution >= 0.6 is 0 Å². The van der Waals surface area contributed by atoms with Crippen LogP contribution in [0.4, 0.5) is 4.79 Å². The van der Waals surface area contributed by atoms with Gasteiger partial charge in [-0.05, 0) is 31.5 Å². The Morgan fingerprint density at radius 3 is 2.95 bits per heavy atom. The molecule has 4 heteroatoms. The van der Waals surface area contributed by atoms with Gasteiger partial charge in [-0.3, -0.25) is 5.32 Å². The molecule has 0 aromatic heterocycles. The Balaban J connectivity index is 2.72. The Labute approximate surface area is 114 Å². The van der Waals surface area contributed by atoms with E-state index in [2.05, 4.69) is 11.2 Å². The summed E-state index contributed by atoms with van der Waals surface area (Å²) in [7, 11) is 1.70. The van der Waals surface area contributed by atoms with E-state index in [4.69, 9.17) is 11.2 Å². The van der Waals surface area contributed by atoms with E-state index in [0.29, 0.717) is 18.8 Å². The molecule has 1 amide bonds. The zero-order chi connectivity index (χ0) is 14.3. The smallest absolute Gasteiger partial charge is 0.410 e. The summed E-state index contributed by atoms with van der Waals surface area (Å²) >= 11 is 0. The average Bonchev–Trinajstić information content (AvgIpc) is 2.43. The van der Waals surface area contributed by atoms with Crippen LogP contribution in [0, 0.1) is 12.3 Å². The number of hydrogen-bond donors (Lipinski definition) is 1. The molecule has 0 saturated heterocycles. The first-order chi connectivity index (χ1) is 9.08. The average molecular weight is 260 g/mol. The first-order valence-corrected chi connectivity index (χ1v) is 6.28. The van der Waals surface area contributed by atoms with Crippen molar-refractivity contribution in [2.75, 3.05) is 20.1 Å². The van der Waals surface area contributed by atoms with Gasteiger partial charge in [-0.1, -0.05) is 18.1 Å². The first kappa shape index (κ1) is 15.1. The van der Waals surface area contributed by atoms with Crippen LogP contribution in [-0.4, -0.2) is 31.1 Å². The molecule has 0 aliphatic carbocycles. The predicted octanol–water partition coefficient (Wildman–Crippen LogP) is 2.42. The minimum Gasteiger partial charge on any atom is -0.410 e. The summed E-state index contributed by atoms with van der Waals surface area (Å²) < 4.78 is 5.28. The molecule has 1 N–H and O–H groups in total. The van der Waals surface area contributed by atoms with E-state index in [1.54, 1.807) is 13.1 Å². The molecule has 1 aromatic carbocycles. The zero-order valence-corrected chi connectivity index (χ0v) is 11.6. The van der Waals surface area contributed by atoms with Gasteiger partial charge in [0.2, 0.25) is 0 Å². The molecule has 0 saturated carbocycles. The lowest BCUT2D eigenvalue weighted by Gasteiger charge is -2.16. The van der Waals surface area contributed by atoms with Gasteiger partial charge in [0.25, 0.3) is 0 Å². The highest BCUT2D eigenvalue weighted by molar-refractivity contribution is 5.70. The number of carbonyl (C=O) groups is 1. The molecule has 0 aliphatic rings. The second-order valence-electron chi connectivity index (χ2n) is 4.26. The third-order valence-corrected chi connectivity index (χ3v) is 2.86. The van der Waals surface area contributed by atoms with E-state index in [0.717, 1.165) is 5.56 Å². The SMILES string of the molecule is C#CCN[C@H](C)c1cccc(OC(=O)N(C)CC)c1. The summed E-state index contributed by atoms with van der Waals surface area (Å²) in [5, 5.41) is 3.18. The summed E-state index contributed by atoms with van der Waals surface area (Å²) in [4.78, 5) is 13.2. The predicted molar refractivity (Wildman–Crippen MR) is 76.0 cm³/mol. The largest absolute Gasteiger partial charge is 0.414 e. The van der Waals surface area contributed by atoms with E-state index in [9.17, 15) is 4.79 Å². The van der Waals surface area contributed by atoms with Crippen molar-refractivity contribution in [3.8, 4) is 18.1 Å². The Morgan fingerprint density at radius 2 is 2.32 bits per heavy atom. The van der Waals surface area contributed by atoms with Crippen LogP contribution in [0.15, 0.2) is 24.3 Å². The van der Waals surface area contributed by atoms with Gasteiger partial charge in [0.15, 0.2) is 0 Å². The van der Waals surface area contributed by atoms with Gasteiger partial charge in [-0.2, -0.15) is 0 Å². The number of ether oxygens (including phenoxy) is 1. The zero-order valence-electron chi connectivity index (χ0n) is 11.6. The molecule has 1 rings (SSSR count). The van der Waals surface area contributed by atoms with Gasteiger partial charge in [0.1, 0.15) is 5.75 Å². The van der Waals surface area contributed by atoms with Gasteiger partial charge < -0.3 is 9.64 Å².